The van der Waals surface area contributed by atoms with E-state index in [1.54, 1.807) is 12.1 Å². The molecule has 1 heterocycles. The minimum Gasteiger partial charge on any atom is -0.343 e. The maximum atomic E-state index is 13.3. The van der Waals surface area contributed by atoms with Crippen LogP contribution in [-0.4, -0.2) is 10.9 Å². The Kier molecular flexibility index (Phi) is 3.28. The van der Waals surface area contributed by atoms with Crippen LogP contribution in [0.1, 0.15) is 15.9 Å². The monoisotopic (exact) mass is 287 g/mol. The van der Waals surface area contributed by atoms with Gasteiger partial charge in [0.25, 0.3) is 0 Å². The molecule has 0 aliphatic heterocycles. The van der Waals surface area contributed by atoms with Crippen LogP contribution in [0.15, 0.2) is 48.7 Å². The van der Waals surface area contributed by atoms with E-state index in [0.717, 1.165) is 17.2 Å². The molecule has 0 amide bonds. The zero-order valence-electron chi connectivity index (χ0n) is 10.5. The fourth-order valence-electron chi connectivity index (χ4n) is 2.34. The van der Waals surface area contributed by atoms with E-state index in [1.807, 2.05) is 29.0 Å². The molecule has 0 saturated heterocycles. The van der Waals surface area contributed by atoms with Crippen LogP contribution in [0.4, 0.5) is 4.39 Å². The van der Waals surface area contributed by atoms with Crippen LogP contribution in [0.2, 0.25) is 5.02 Å². The SMILES string of the molecule is O=Cc1cccc2c1ccn2Cc1cc(F)ccc1Cl. The van der Waals surface area contributed by atoms with Gasteiger partial charge in [-0.15, -0.1) is 0 Å². The second kappa shape index (κ2) is 5.10. The fourth-order valence-corrected chi connectivity index (χ4v) is 2.51. The van der Waals surface area contributed by atoms with Crippen LogP contribution in [0.5, 0.6) is 0 Å². The van der Waals surface area contributed by atoms with Gasteiger partial charge in [0.15, 0.2) is 6.29 Å². The summed E-state index contributed by atoms with van der Waals surface area (Å²) in [6, 6.07) is 11.7. The first-order valence-electron chi connectivity index (χ1n) is 6.16. The maximum Gasteiger partial charge on any atom is 0.150 e. The molecule has 0 N–H and O–H groups in total. The van der Waals surface area contributed by atoms with Crippen LogP contribution in [0, 0.1) is 5.82 Å². The predicted molar refractivity (Wildman–Crippen MR) is 77.8 cm³/mol. The highest BCUT2D eigenvalue weighted by Crippen LogP contribution is 2.23. The predicted octanol–water partition coefficient (Wildman–Crippen LogP) is 4.29. The first-order valence-corrected chi connectivity index (χ1v) is 6.54. The summed E-state index contributed by atoms with van der Waals surface area (Å²) in [7, 11) is 0. The van der Waals surface area contributed by atoms with Gasteiger partial charge in [-0.3, -0.25) is 4.79 Å². The number of carbonyl (C=O) groups excluding carboxylic acids is 1. The minimum atomic E-state index is -0.311. The molecule has 0 saturated carbocycles. The van der Waals surface area contributed by atoms with Crippen molar-refractivity contribution in [2.45, 2.75) is 6.54 Å². The number of benzene rings is 2. The zero-order chi connectivity index (χ0) is 14.1. The van der Waals surface area contributed by atoms with Gasteiger partial charge in [0, 0.05) is 34.2 Å². The van der Waals surface area contributed by atoms with Crippen molar-refractivity contribution in [1.82, 2.24) is 4.57 Å². The van der Waals surface area contributed by atoms with Crippen LogP contribution < -0.4 is 0 Å². The van der Waals surface area contributed by atoms with Gasteiger partial charge in [0.05, 0.1) is 0 Å². The molecule has 2 aromatic carbocycles. The minimum absolute atomic E-state index is 0.311. The van der Waals surface area contributed by atoms with Crippen LogP contribution >= 0.6 is 11.6 Å². The maximum absolute atomic E-state index is 13.3. The van der Waals surface area contributed by atoms with Crippen LogP contribution in [-0.2, 0) is 6.54 Å². The zero-order valence-corrected chi connectivity index (χ0v) is 11.3. The van der Waals surface area contributed by atoms with E-state index in [-0.39, 0.29) is 5.82 Å². The lowest BCUT2D eigenvalue weighted by Crippen LogP contribution is -1.99. The molecule has 0 aliphatic carbocycles. The molecule has 3 aromatic rings. The van der Waals surface area contributed by atoms with E-state index in [2.05, 4.69) is 0 Å². The molecule has 4 heteroatoms. The van der Waals surface area contributed by atoms with Crippen LogP contribution in [0.3, 0.4) is 0 Å². The van der Waals surface area contributed by atoms with Gasteiger partial charge >= 0.3 is 0 Å². The Hall–Kier alpha value is -2.13. The Balaban J connectivity index is 2.07. The van der Waals surface area contributed by atoms with Crippen molar-refractivity contribution in [1.29, 1.82) is 0 Å². The Morgan fingerprint density at radius 2 is 2.05 bits per heavy atom. The van der Waals surface area contributed by atoms with Crippen LogP contribution in [0.25, 0.3) is 10.9 Å². The van der Waals surface area contributed by atoms with Gasteiger partial charge in [-0.25, -0.2) is 4.39 Å². The molecule has 1 aromatic heterocycles. The Labute approximate surface area is 120 Å². The number of aromatic nitrogens is 1. The summed E-state index contributed by atoms with van der Waals surface area (Å²) in [6.45, 7) is 0.461. The number of nitrogens with zero attached hydrogens (tertiary/aromatic N) is 1. The van der Waals surface area contributed by atoms with Crippen molar-refractivity contribution in [2.75, 3.05) is 0 Å². The second-order valence-electron chi connectivity index (χ2n) is 4.58. The summed E-state index contributed by atoms with van der Waals surface area (Å²) >= 11 is 6.09. The van der Waals surface area contributed by atoms with Gasteiger partial charge in [-0.2, -0.15) is 0 Å². The Bertz CT molecular complexity index is 794. The molecule has 3 rings (SSSR count). The lowest BCUT2D eigenvalue weighted by molar-refractivity contribution is 0.112. The molecule has 0 unspecified atom stereocenters. The van der Waals surface area contributed by atoms with E-state index in [0.29, 0.717) is 22.7 Å². The fraction of sp³-hybridized carbons (Fsp3) is 0.0625. The number of rotatable bonds is 3. The first-order chi connectivity index (χ1) is 9.69. The molecular formula is C16H11ClFNO. The van der Waals surface area contributed by atoms with E-state index in [4.69, 9.17) is 11.6 Å². The highest BCUT2D eigenvalue weighted by atomic mass is 35.5. The number of halogens is 2. The molecular weight excluding hydrogens is 277 g/mol. The smallest absolute Gasteiger partial charge is 0.150 e. The number of aldehydes is 1. The van der Waals surface area contributed by atoms with Gasteiger partial charge in [-0.05, 0) is 35.9 Å². The van der Waals surface area contributed by atoms with Crippen molar-refractivity contribution in [3.63, 3.8) is 0 Å². The molecule has 0 fully saturated rings. The summed E-state index contributed by atoms with van der Waals surface area (Å²) in [5.74, 6) is -0.311. The normalized spacial score (nSPS) is 10.9. The lowest BCUT2D eigenvalue weighted by atomic mass is 10.1. The van der Waals surface area contributed by atoms with Crippen molar-refractivity contribution in [3.05, 3.63) is 70.6 Å². The summed E-state index contributed by atoms with van der Waals surface area (Å²) in [6.07, 6.45) is 2.71. The van der Waals surface area contributed by atoms with Gasteiger partial charge < -0.3 is 4.57 Å². The van der Waals surface area contributed by atoms with Gasteiger partial charge in [0.2, 0.25) is 0 Å². The standard InChI is InChI=1S/C16H11ClFNO/c17-15-5-4-13(18)8-12(15)9-19-7-6-14-11(10-20)2-1-3-16(14)19/h1-8,10H,9H2. The molecule has 2 nitrogen and oxygen atoms in total. The van der Waals surface area contributed by atoms with Gasteiger partial charge in [0.1, 0.15) is 5.82 Å². The average molecular weight is 288 g/mol. The van der Waals surface area contributed by atoms with Crippen molar-refractivity contribution >= 4 is 28.8 Å². The largest absolute Gasteiger partial charge is 0.343 e. The molecule has 100 valence electrons. The number of fused-ring (bicyclic) bond motifs is 1. The summed E-state index contributed by atoms with van der Waals surface area (Å²) < 4.78 is 15.2. The molecule has 0 atom stereocenters. The second-order valence-corrected chi connectivity index (χ2v) is 4.98. The third-order valence-corrected chi connectivity index (χ3v) is 3.69. The van der Waals surface area contributed by atoms with Crippen molar-refractivity contribution in [3.8, 4) is 0 Å². The lowest BCUT2D eigenvalue weighted by Gasteiger charge is -2.08. The van der Waals surface area contributed by atoms with Crippen molar-refractivity contribution < 1.29 is 9.18 Å². The highest BCUT2D eigenvalue weighted by molar-refractivity contribution is 6.31. The van der Waals surface area contributed by atoms with E-state index in [1.165, 1.54) is 12.1 Å². The number of carbonyl (C=O) groups is 1. The van der Waals surface area contributed by atoms with E-state index in [9.17, 15) is 9.18 Å². The van der Waals surface area contributed by atoms with E-state index >= 15 is 0 Å². The summed E-state index contributed by atoms with van der Waals surface area (Å²) in [5.41, 5.74) is 2.28. The summed E-state index contributed by atoms with van der Waals surface area (Å²) in [5, 5.41) is 1.41. The first kappa shape index (κ1) is 12.9. The van der Waals surface area contributed by atoms with E-state index < -0.39 is 0 Å². The Morgan fingerprint density at radius 1 is 1.20 bits per heavy atom. The number of hydrogen-bond donors (Lipinski definition) is 0. The highest BCUT2D eigenvalue weighted by Gasteiger charge is 2.08. The molecule has 0 spiro atoms. The third kappa shape index (κ3) is 2.21. The average Bonchev–Trinajstić information content (AvgIpc) is 2.86. The molecule has 0 radical (unpaired) electrons. The summed E-state index contributed by atoms with van der Waals surface area (Å²) in [4.78, 5) is 11.0. The Morgan fingerprint density at radius 3 is 2.85 bits per heavy atom. The third-order valence-electron chi connectivity index (χ3n) is 3.32. The quantitative estimate of drug-likeness (QED) is 0.659. The van der Waals surface area contributed by atoms with Crippen molar-refractivity contribution in [2.24, 2.45) is 0 Å². The molecule has 20 heavy (non-hydrogen) atoms. The number of hydrogen-bond acceptors (Lipinski definition) is 1. The van der Waals surface area contributed by atoms with Gasteiger partial charge in [-0.1, -0.05) is 23.7 Å². The molecule has 0 aliphatic rings. The topological polar surface area (TPSA) is 22.0 Å². The molecule has 0 bridgehead atoms.